The van der Waals surface area contributed by atoms with Crippen molar-refractivity contribution in [2.45, 2.75) is 44.0 Å². The van der Waals surface area contributed by atoms with Crippen LogP contribution in [0, 0.1) is 0 Å². The molecule has 0 bridgehead atoms. The van der Waals surface area contributed by atoms with Crippen molar-refractivity contribution in [2.75, 3.05) is 13.2 Å². The van der Waals surface area contributed by atoms with Crippen LogP contribution in [0.1, 0.15) is 41.8 Å². The lowest BCUT2D eigenvalue weighted by Crippen LogP contribution is -2.37. The normalized spacial score (nSPS) is 25.6. The van der Waals surface area contributed by atoms with Crippen molar-refractivity contribution in [3.05, 3.63) is 22.4 Å². The number of hydrogen-bond donors (Lipinski definition) is 1. The Hall–Kier alpha value is -0.910. The molecule has 5 heteroatoms. The Morgan fingerprint density at radius 2 is 2.26 bits per heavy atom. The van der Waals surface area contributed by atoms with Crippen molar-refractivity contribution in [3.8, 4) is 0 Å². The van der Waals surface area contributed by atoms with Gasteiger partial charge in [-0.1, -0.05) is 12.5 Å². The monoisotopic (exact) mass is 281 g/mol. The van der Waals surface area contributed by atoms with Crippen LogP contribution in [0.25, 0.3) is 0 Å². The largest absolute Gasteiger partial charge is 0.349 e. The Labute approximate surface area is 117 Å². The smallest absolute Gasteiger partial charge is 0.261 e. The Morgan fingerprint density at radius 1 is 1.42 bits per heavy atom. The van der Waals surface area contributed by atoms with Crippen molar-refractivity contribution in [2.24, 2.45) is 0 Å². The first-order chi connectivity index (χ1) is 9.27. The van der Waals surface area contributed by atoms with Gasteiger partial charge in [0.2, 0.25) is 0 Å². The molecular formula is C14H19NO3S. The highest BCUT2D eigenvalue weighted by Crippen LogP contribution is 2.37. The molecule has 1 saturated heterocycles. The lowest BCUT2D eigenvalue weighted by Gasteiger charge is -2.31. The molecule has 2 heterocycles. The molecule has 1 aromatic heterocycles. The van der Waals surface area contributed by atoms with E-state index in [0.717, 1.165) is 17.7 Å². The van der Waals surface area contributed by atoms with Gasteiger partial charge >= 0.3 is 0 Å². The molecule has 1 aromatic rings. The number of hydrogen-bond acceptors (Lipinski definition) is 4. The zero-order valence-electron chi connectivity index (χ0n) is 10.9. The van der Waals surface area contributed by atoms with E-state index < -0.39 is 0 Å². The summed E-state index contributed by atoms with van der Waals surface area (Å²) < 4.78 is 11.9. The van der Waals surface area contributed by atoms with Gasteiger partial charge in [0.05, 0.1) is 11.5 Å². The summed E-state index contributed by atoms with van der Waals surface area (Å²) in [5, 5.41) is 4.82. The van der Waals surface area contributed by atoms with Crippen molar-refractivity contribution in [1.82, 2.24) is 5.32 Å². The third-order valence-corrected chi connectivity index (χ3v) is 4.63. The standard InChI is InChI=1S/C14H19NO3S/c16-13(12-5-4-8-19-12)15-9-11-10-17-14(18-11)6-2-1-3-7-14/h4-5,8,11H,1-3,6-7,9-10H2,(H,15,16)/t11-/m1/s1. The van der Waals surface area contributed by atoms with E-state index in [2.05, 4.69) is 5.32 Å². The van der Waals surface area contributed by atoms with E-state index >= 15 is 0 Å². The van der Waals surface area contributed by atoms with Crippen molar-refractivity contribution in [3.63, 3.8) is 0 Å². The Morgan fingerprint density at radius 3 is 3.00 bits per heavy atom. The molecule has 1 aliphatic carbocycles. The molecule has 1 saturated carbocycles. The lowest BCUT2D eigenvalue weighted by atomic mass is 9.94. The first kappa shape index (κ1) is 13.1. The fraction of sp³-hybridized carbons (Fsp3) is 0.643. The maximum atomic E-state index is 11.8. The van der Waals surface area contributed by atoms with Gasteiger partial charge in [0.15, 0.2) is 5.79 Å². The van der Waals surface area contributed by atoms with Gasteiger partial charge in [0.1, 0.15) is 6.10 Å². The molecule has 1 spiro atoms. The number of nitrogens with one attached hydrogen (secondary N) is 1. The minimum Gasteiger partial charge on any atom is -0.349 e. The second-order valence-corrected chi connectivity index (χ2v) is 6.16. The van der Waals surface area contributed by atoms with Crippen molar-refractivity contribution < 1.29 is 14.3 Å². The Kier molecular flexibility index (Phi) is 3.86. The second-order valence-electron chi connectivity index (χ2n) is 5.21. The molecule has 0 radical (unpaired) electrons. The quantitative estimate of drug-likeness (QED) is 0.926. The van der Waals surface area contributed by atoms with E-state index in [1.54, 1.807) is 0 Å². The zero-order chi connectivity index (χ0) is 13.1. The average Bonchev–Trinajstić information content (AvgIpc) is 3.08. The number of rotatable bonds is 3. The van der Waals surface area contributed by atoms with Gasteiger partial charge in [-0.3, -0.25) is 4.79 Å². The van der Waals surface area contributed by atoms with Gasteiger partial charge < -0.3 is 14.8 Å². The maximum Gasteiger partial charge on any atom is 0.261 e. The molecule has 0 unspecified atom stereocenters. The highest BCUT2D eigenvalue weighted by molar-refractivity contribution is 7.12. The van der Waals surface area contributed by atoms with E-state index in [4.69, 9.17) is 9.47 Å². The summed E-state index contributed by atoms with van der Waals surface area (Å²) in [6.07, 6.45) is 5.59. The molecule has 3 rings (SSSR count). The maximum absolute atomic E-state index is 11.8. The first-order valence-electron chi connectivity index (χ1n) is 6.91. The highest BCUT2D eigenvalue weighted by atomic mass is 32.1. The Balaban J connectivity index is 1.48. The van der Waals surface area contributed by atoms with Gasteiger partial charge in [-0.15, -0.1) is 11.3 Å². The predicted molar refractivity (Wildman–Crippen MR) is 73.3 cm³/mol. The van der Waals surface area contributed by atoms with Crippen LogP contribution in [0.15, 0.2) is 17.5 Å². The number of carbonyl (C=O) groups is 1. The molecule has 1 amide bonds. The Bertz CT molecular complexity index is 426. The van der Waals surface area contributed by atoms with Gasteiger partial charge in [0, 0.05) is 19.4 Å². The number of carbonyl (C=O) groups excluding carboxylic acids is 1. The van der Waals surface area contributed by atoms with Crippen LogP contribution in [0.3, 0.4) is 0 Å². The molecule has 19 heavy (non-hydrogen) atoms. The zero-order valence-corrected chi connectivity index (χ0v) is 11.7. The summed E-state index contributed by atoms with van der Waals surface area (Å²) in [5.41, 5.74) is 0. The van der Waals surface area contributed by atoms with Crippen LogP contribution in [-0.4, -0.2) is 30.9 Å². The first-order valence-corrected chi connectivity index (χ1v) is 7.79. The van der Waals surface area contributed by atoms with E-state index in [1.165, 1.54) is 30.6 Å². The summed E-state index contributed by atoms with van der Waals surface area (Å²) in [5.74, 6) is -0.375. The summed E-state index contributed by atoms with van der Waals surface area (Å²) in [4.78, 5) is 12.6. The molecule has 104 valence electrons. The van der Waals surface area contributed by atoms with Crippen LogP contribution >= 0.6 is 11.3 Å². The average molecular weight is 281 g/mol. The van der Waals surface area contributed by atoms with Gasteiger partial charge in [-0.25, -0.2) is 0 Å². The van der Waals surface area contributed by atoms with Crippen LogP contribution in [0.2, 0.25) is 0 Å². The summed E-state index contributed by atoms with van der Waals surface area (Å²) in [6.45, 7) is 1.11. The summed E-state index contributed by atoms with van der Waals surface area (Å²) >= 11 is 1.45. The molecule has 4 nitrogen and oxygen atoms in total. The molecule has 2 aliphatic rings. The number of amides is 1. The molecule has 2 fully saturated rings. The van der Waals surface area contributed by atoms with Crippen LogP contribution in [0.4, 0.5) is 0 Å². The van der Waals surface area contributed by atoms with E-state index in [0.29, 0.717) is 13.2 Å². The van der Waals surface area contributed by atoms with Crippen molar-refractivity contribution in [1.29, 1.82) is 0 Å². The number of ether oxygens (including phenoxy) is 2. The van der Waals surface area contributed by atoms with Gasteiger partial charge in [-0.05, 0) is 24.3 Å². The molecule has 1 atom stereocenters. The molecule has 1 aliphatic heterocycles. The van der Waals surface area contributed by atoms with Crippen LogP contribution in [0.5, 0.6) is 0 Å². The topological polar surface area (TPSA) is 47.6 Å². The third kappa shape index (κ3) is 2.99. The fourth-order valence-electron chi connectivity index (χ4n) is 2.77. The SMILES string of the molecule is O=C(NC[C@@H]1COC2(CCCCC2)O1)c1cccs1. The highest BCUT2D eigenvalue weighted by Gasteiger charge is 2.42. The van der Waals surface area contributed by atoms with Crippen LogP contribution in [-0.2, 0) is 9.47 Å². The molecule has 0 aromatic carbocycles. The fourth-order valence-corrected chi connectivity index (χ4v) is 3.41. The van der Waals surface area contributed by atoms with Crippen LogP contribution < -0.4 is 5.32 Å². The minimum atomic E-state index is -0.351. The summed E-state index contributed by atoms with van der Waals surface area (Å²) in [6, 6.07) is 3.71. The minimum absolute atomic E-state index is 0.0120. The predicted octanol–water partition coefficient (Wildman–Crippen LogP) is 2.55. The van der Waals surface area contributed by atoms with Crippen molar-refractivity contribution >= 4 is 17.2 Å². The van der Waals surface area contributed by atoms with E-state index in [9.17, 15) is 4.79 Å². The van der Waals surface area contributed by atoms with E-state index in [1.807, 2.05) is 17.5 Å². The number of thiophene rings is 1. The second kappa shape index (κ2) is 5.61. The lowest BCUT2D eigenvalue weighted by molar-refractivity contribution is -0.186. The van der Waals surface area contributed by atoms with Gasteiger partial charge in [-0.2, -0.15) is 0 Å². The van der Waals surface area contributed by atoms with E-state index in [-0.39, 0.29) is 17.8 Å². The summed E-state index contributed by atoms with van der Waals surface area (Å²) in [7, 11) is 0. The molecular weight excluding hydrogens is 262 g/mol. The van der Waals surface area contributed by atoms with Gasteiger partial charge in [0.25, 0.3) is 5.91 Å². The third-order valence-electron chi connectivity index (χ3n) is 3.76. The molecule has 1 N–H and O–H groups in total.